The summed E-state index contributed by atoms with van der Waals surface area (Å²) in [7, 11) is 0. The summed E-state index contributed by atoms with van der Waals surface area (Å²) in [5.74, 6) is -2.65. The van der Waals surface area contributed by atoms with Crippen molar-refractivity contribution in [1.82, 2.24) is 15.5 Å². The number of carboxylic acids is 1. The lowest BCUT2D eigenvalue weighted by Crippen LogP contribution is -2.56. The lowest BCUT2D eigenvalue weighted by atomic mass is 10.0. The van der Waals surface area contributed by atoms with Crippen LogP contribution in [-0.2, 0) is 25.6 Å². The number of rotatable bonds is 8. The van der Waals surface area contributed by atoms with Gasteiger partial charge in [-0.15, -0.1) is 0 Å². The summed E-state index contributed by atoms with van der Waals surface area (Å²) in [6.07, 6.45) is 1.17. The normalized spacial score (nSPS) is 18.9. The highest BCUT2D eigenvalue weighted by Crippen LogP contribution is 2.19. The maximum absolute atomic E-state index is 12.9. The molecule has 0 saturated carbocycles. The first-order valence-electron chi connectivity index (χ1n) is 9.77. The van der Waals surface area contributed by atoms with Gasteiger partial charge in [0.2, 0.25) is 17.7 Å². The minimum Gasteiger partial charge on any atom is -0.508 e. The molecule has 2 rings (SSSR count). The Hall–Kier alpha value is -3.14. The van der Waals surface area contributed by atoms with Crippen LogP contribution in [0.15, 0.2) is 24.3 Å². The molecule has 0 spiro atoms. The van der Waals surface area contributed by atoms with Crippen LogP contribution in [0.5, 0.6) is 5.75 Å². The second-order valence-corrected chi connectivity index (χ2v) is 7.48. The number of aromatic hydroxyl groups is 1. The van der Waals surface area contributed by atoms with E-state index in [1.165, 1.54) is 24.0 Å². The van der Waals surface area contributed by atoms with Gasteiger partial charge < -0.3 is 31.5 Å². The number of nitrogens with zero attached hydrogens (tertiary/aromatic N) is 1. The monoisotopic (exact) mass is 420 g/mol. The molecular weight excluding hydrogens is 392 g/mol. The molecule has 1 aliphatic heterocycles. The van der Waals surface area contributed by atoms with Crippen molar-refractivity contribution in [2.24, 2.45) is 5.73 Å². The number of carboxylic acid groups (broad SMARTS) is 1. The maximum Gasteiger partial charge on any atom is 0.325 e. The van der Waals surface area contributed by atoms with Crippen LogP contribution in [-0.4, -0.2) is 69.5 Å². The Bertz CT molecular complexity index is 795. The van der Waals surface area contributed by atoms with Gasteiger partial charge in [-0.1, -0.05) is 12.1 Å². The first-order chi connectivity index (χ1) is 14.1. The van der Waals surface area contributed by atoms with Gasteiger partial charge in [-0.25, -0.2) is 0 Å². The van der Waals surface area contributed by atoms with Crippen LogP contribution in [0.3, 0.4) is 0 Å². The molecule has 1 aliphatic rings. The molecule has 1 aromatic carbocycles. The predicted molar refractivity (Wildman–Crippen MR) is 107 cm³/mol. The summed E-state index contributed by atoms with van der Waals surface area (Å²) in [4.78, 5) is 50.3. The van der Waals surface area contributed by atoms with E-state index >= 15 is 0 Å². The number of likely N-dealkylation sites (tertiary alicyclic amines) is 1. The zero-order valence-corrected chi connectivity index (χ0v) is 17.0. The third-order valence-electron chi connectivity index (χ3n) is 4.97. The van der Waals surface area contributed by atoms with Crippen LogP contribution in [0.2, 0.25) is 0 Å². The van der Waals surface area contributed by atoms with Crippen LogP contribution < -0.4 is 16.4 Å². The summed E-state index contributed by atoms with van der Waals surface area (Å²) >= 11 is 0. The molecule has 4 unspecified atom stereocenters. The van der Waals surface area contributed by atoms with Crippen LogP contribution in [0, 0.1) is 0 Å². The molecular formula is C20H28N4O6. The minimum atomic E-state index is -1.21. The average molecular weight is 420 g/mol. The number of hydrogen-bond donors (Lipinski definition) is 5. The SMILES string of the molecule is CC(N)C(=O)N1CCCC1C(=O)NC(Cc1ccc(O)cc1)C(=O)NC(C)C(=O)O. The molecule has 10 nitrogen and oxygen atoms in total. The van der Waals surface area contributed by atoms with Gasteiger partial charge in [0.1, 0.15) is 23.9 Å². The van der Waals surface area contributed by atoms with E-state index < -0.39 is 42.0 Å². The Morgan fingerprint density at radius 2 is 1.80 bits per heavy atom. The molecule has 4 atom stereocenters. The number of phenols is 1. The number of phenolic OH excluding ortho intramolecular Hbond substituents is 1. The number of nitrogens with one attached hydrogen (secondary N) is 2. The van der Waals surface area contributed by atoms with Gasteiger partial charge in [-0.3, -0.25) is 19.2 Å². The Morgan fingerprint density at radius 3 is 2.37 bits per heavy atom. The van der Waals surface area contributed by atoms with Crippen molar-refractivity contribution in [2.45, 2.75) is 57.3 Å². The molecule has 0 radical (unpaired) electrons. The van der Waals surface area contributed by atoms with Crippen LogP contribution in [0.4, 0.5) is 0 Å². The van der Waals surface area contributed by atoms with Gasteiger partial charge in [-0.05, 0) is 44.4 Å². The lowest BCUT2D eigenvalue weighted by molar-refractivity contribution is -0.142. The van der Waals surface area contributed by atoms with E-state index in [0.29, 0.717) is 24.9 Å². The molecule has 0 aliphatic carbocycles. The molecule has 3 amide bonds. The number of carbonyl (C=O) groups is 4. The molecule has 30 heavy (non-hydrogen) atoms. The molecule has 0 bridgehead atoms. The van der Waals surface area contributed by atoms with Gasteiger partial charge in [0.15, 0.2) is 0 Å². The highest BCUT2D eigenvalue weighted by molar-refractivity contribution is 5.94. The van der Waals surface area contributed by atoms with E-state index in [-0.39, 0.29) is 18.1 Å². The van der Waals surface area contributed by atoms with Crippen molar-refractivity contribution in [3.63, 3.8) is 0 Å². The standard InChI is InChI=1S/C20H28N4O6/c1-11(21)19(28)24-9-3-4-16(24)18(27)23-15(17(26)22-12(2)20(29)30)10-13-5-7-14(25)8-6-13/h5-8,11-12,15-16,25H,3-4,9-10,21H2,1-2H3,(H,22,26)(H,23,27)(H,29,30). The van der Waals surface area contributed by atoms with Gasteiger partial charge in [0.25, 0.3) is 0 Å². The zero-order valence-electron chi connectivity index (χ0n) is 17.0. The Kier molecular flexibility index (Phi) is 7.76. The fourth-order valence-corrected chi connectivity index (χ4v) is 3.29. The van der Waals surface area contributed by atoms with Crippen LogP contribution in [0.1, 0.15) is 32.3 Å². The molecule has 164 valence electrons. The quantitative estimate of drug-likeness (QED) is 0.373. The Labute approximate surface area is 174 Å². The van der Waals surface area contributed by atoms with Gasteiger partial charge in [0, 0.05) is 13.0 Å². The highest BCUT2D eigenvalue weighted by atomic mass is 16.4. The number of amides is 3. The number of aliphatic carboxylic acids is 1. The fraction of sp³-hybridized carbons (Fsp3) is 0.500. The van der Waals surface area contributed by atoms with Gasteiger partial charge in [-0.2, -0.15) is 0 Å². The van der Waals surface area contributed by atoms with Crippen molar-refractivity contribution in [3.8, 4) is 5.75 Å². The topological polar surface area (TPSA) is 162 Å². The largest absolute Gasteiger partial charge is 0.508 e. The molecule has 1 aromatic rings. The molecule has 0 aromatic heterocycles. The highest BCUT2D eigenvalue weighted by Gasteiger charge is 2.37. The van der Waals surface area contributed by atoms with E-state index in [1.807, 2.05) is 0 Å². The fourth-order valence-electron chi connectivity index (χ4n) is 3.29. The van der Waals surface area contributed by atoms with E-state index in [0.717, 1.165) is 0 Å². The van der Waals surface area contributed by atoms with Gasteiger partial charge >= 0.3 is 5.97 Å². The summed E-state index contributed by atoms with van der Waals surface area (Å²) in [5.41, 5.74) is 6.32. The minimum absolute atomic E-state index is 0.0549. The van der Waals surface area contributed by atoms with E-state index in [1.54, 1.807) is 19.1 Å². The second kappa shape index (κ2) is 10.1. The summed E-state index contributed by atoms with van der Waals surface area (Å²) < 4.78 is 0. The van der Waals surface area contributed by atoms with Crippen molar-refractivity contribution in [1.29, 1.82) is 0 Å². The number of hydrogen-bond acceptors (Lipinski definition) is 6. The van der Waals surface area contributed by atoms with E-state index in [9.17, 15) is 24.3 Å². The zero-order chi connectivity index (χ0) is 22.4. The first kappa shape index (κ1) is 23.1. The molecule has 1 fully saturated rings. The number of nitrogens with two attached hydrogens (primary N) is 1. The summed E-state index contributed by atoms with van der Waals surface area (Å²) in [6, 6.07) is 2.42. The third kappa shape index (κ3) is 5.93. The van der Waals surface area contributed by atoms with Crippen LogP contribution in [0.25, 0.3) is 0 Å². The molecule has 6 N–H and O–H groups in total. The first-order valence-corrected chi connectivity index (χ1v) is 9.77. The van der Waals surface area contributed by atoms with E-state index in [4.69, 9.17) is 10.8 Å². The van der Waals surface area contributed by atoms with Crippen molar-refractivity contribution < 1.29 is 29.4 Å². The van der Waals surface area contributed by atoms with Gasteiger partial charge in [0.05, 0.1) is 6.04 Å². The smallest absolute Gasteiger partial charge is 0.325 e. The van der Waals surface area contributed by atoms with Crippen LogP contribution >= 0.6 is 0 Å². The number of benzene rings is 1. The lowest BCUT2D eigenvalue weighted by Gasteiger charge is -2.27. The summed E-state index contributed by atoms with van der Waals surface area (Å²) in [6.45, 7) is 3.27. The number of carbonyl (C=O) groups excluding carboxylic acids is 3. The average Bonchev–Trinajstić information content (AvgIpc) is 3.18. The maximum atomic E-state index is 12.9. The van der Waals surface area contributed by atoms with Crippen molar-refractivity contribution >= 4 is 23.7 Å². The molecule has 10 heteroatoms. The molecule has 1 saturated heterocycles. The predicted octanol–water partition coefficient (Wildman–Crippen LogP) is -0.653. The van der Waals surface area contributed by atoms with Crippen molar-refractivity contribution in [3.05, 3.63) is 29.8 Å². The second-order valence-electron chi connectivity index (χ2n) is 7.48. The summed E-state index contributed by atoms with van der Waals surface area (Å²) in [5, 5.41) is 23.5. The molecule has 1 heterocycles. The Balaban J connectivity index is 2.17. The van der Waals surface area contributed by atoms with Crippen molar-refractivity contribution in [2.75, 3.05) is 6.54 Å². The third-order valence-corrected chi connectivity index (χ3v) is 4.97. The Morgan fingerprint density at radius 1 is 1.17 bits per heavy atom. The van der Waals surface area contributed by atoms with E-state index in [2.05, 4.69) is 10.6 Å².